The van der Waals surface area contributed by atoms with Crippen LogP contribution < -0.4 is 16.0 Å². The van der Waals surface area contributed by atoms with Gasteiger partial charge in [-0.25, -0.2) is 0 Å². The van der Waals surface area contributed by atoms with Gasteiger partial charge in [-0.3, -0.25) is 9.79 Å². The Bertz CT molecular complexity index is 919. The number of amidine groups is 1. The van der Waals surface area contributed by atoms with E-state index in [0.29, 0.717) is 12.1 Å². The predicted octanol–water partition coefficient (Wildman–Crippen LogP) is 3.64. The lowest BCUT2D eigenvalue weighted by molar-refractivity contribution is 0.0963. The zero-order valence-electron chi connectivity index (χ0n) is 16.0. The second-order valence-corrected chi connectivity index (χ2v) is 7.98. The smallest absolute Gasteiger partial charge is 0.253 e. The highest BCUT2D eigenvalue weighted by molar-refractivity contribution is 6.30. The van der Waals surface area contributed by atoms with Gasteiger partial charge in [-0.05, 0) is 61.7 Å². The molecular formula is C22H25ClN4O. The Balaban J connectivity index is 1.73. The molecule has 3 N–H and O–H groups in total. The third-order valence-corrected chi connectivity index (χ3v) is 6.00. The molecule has 28 heavy (non-hydrogen) atoms. The summed E-state index contributed by atoms with van der Waals surface area (Å²) >= 11 is 6.13. The van der Waals surface area contributed by atoms with Gasteiger partial charge in [-0.15, -0.1) is 0 Å². The summed E-state index contributed by atoms with van der Waals surface area (Å²) in [5.74, 6) is 0.901. The number of halogens is 1. The summed E-state index contributed by atoms with van der Waals surface area (Å²) in [5, 5.41) is 10.5. The zero-order valence-corrected chi connectivity index (χ0v) is 16.8. The molecule has 0 aromatic heterocycles. The van der Waals surface area contributed by atoms with E-state index < -0.39 is 0 Å². The van der Waals surface area contributed by atoms with Crippen LogP contribution in [0.2, 0.25) is 5.02 Å². The van der Waals surface area contributed by atoms with Gasteiger partial charge >= 0.3 is 0 Å². The molecule has 0 saturated carbocycles. The fraction of sp³-hybridized carbons (Fsp3) is 0.364. The first-order valence-corrected chi connectivity index (χ1v) is 10.1. The lowest BCUT2D eigenvalue weighted by atomic mass is 9.70. The van der Waals surface area contributed by atoms with E-state index in [1.807, 2.05) is 36.4 Å². The largest absolute Gasteiger partial charge is 0.355 e. The predicted molar refractivity (Wildman–Crippen MR) is 114 cm³/mol. The van der Waals surface area contributed by atoms with Crippen LogP contribution in [0.25, 0.3) is 0 Å². The topological polar surface area (TPSA) is 65.5 Å². The Kier molecular flexibility index (Phi) is 5.38. The maximum Gasteiger partial charge on any atom is 0.253 e. The first kappa shape index (κ1) is 19.0. The van der Waals surface area contributed by atoms with Crippen LogP contribution in [0, 0.1) is 5.41 Å². The van der Waals surface area contributed by atoms with Crippen molar-refractivity contribution in [2.75, 3.05) is 25.5 Å². The Morgan fingerprint density at radius 3 is 2.75 bits per heavy atom. The highest BCUT2D eigenvalue weighted by atomic mass is 35.5. The van der Waals surface area contributed by atoms with Crippen LogP contribution in [-0.4, -0.2) is 31.9 Å². The van der Waals surface area contributed by atoms with E-state index in [4.69, 9.17) is 16.6 Å². The van der Waals surface area contributed by atoms with Crippen LogP contribution in [-0.2, 0) is 13.0 Å². The number of carbonyl (C=O) groups excluding carboxylic acids is 1. The summed E-state index contributed by atoms with van der Waals surface area (Å²) in [6.45, 7) is 2.51. The molecule has 0 atom stereocenters. The number of nitrogens with zero attached hydrogens (tertiary/aromatic N) is 1. The highest BCUT2D eigenvalue weighted by Crippen LogP contribution is 2.42. The minimum absolute atomic E-state index is 0.0157. The minimum Gasteiger partial charge on any atom is -0.355 e. The molecule has 4 rings (SSSR count). The number of rotatable bonds is 3. The lowest BCUT2D eigenvalue weighted by Gasteiger charge is -2.43. The number of fused-ring (bicyclic) bond motifs is 1. The number of aliphatic imine (C=N–C) groups is 1. The average molecular weight is 397 g/mol. The first-order chi connectivity index (χ1) is 13.6. The van der Waals surface area contributed by atoms with Gasteiger partial charge in [-0.2, -0.15) is 0 Å². The van der Waals surface area contributed by atoms with Crippen molar-refractivity contribution in [2.45, 2.75) is 25.8 Å². The van der Waals surface area contributed by atoms with Crippen molar-refractivity contribution in [3.63, 3.8) is 0 Å². The maximum atomic E-state index is 12.4. The molecule has 0 radical (unpaired) electrons. The van der Waals surface area contributed by atoms with Crippen LogP contribution in [0.4, 0.5) is 5.69 Å². The van der Waals surface area contributed by atoms with Crippen LogP contribution >= 0.6 is 11.6 Å². The second kappa shape index (κ2) is 7.94. The fourth-order valence-electron chi connectivity index (χ4n) is 4.25. The van der Waals surface area contributed by atoms with Crippen LogP contribution in [0.15, 0.2) is 47.5 Å². The quantitative estimate of drug-likeness (QED) is 0.742. The van der Waals surface area contributed by atoms with Crippen LogP contribution in [0.5, 0.6) is 0 Å². The van der Waals surface area contributed by atoms with E-state index in [1.165, 1.54) is 5.56 Å². The minimum atomic E-state index is -0.0835. The zero-order chi connectivity index (χ0) is 19.6. The second-order valence-electron chi connectivity index (χ2n) is 7.55. The maximum absolute atomic E-state index is 12.4. The van der Waals surface area contributed by atoms with Gasteiger partial charge in [0.1, 0.15) is 5.84 Å². The van der Waals surface area contributed by atoms with Crippen molar-refractivity contribution in [2.24, 2.45) is 10.4 Å². The molecule has 0 bridgehead atoms. The van der Waals surface area contributed by atoms with E-state index in [9.17, 15) is 4.79 Å². The van der Waals surface area contributed by atoms with E-state index in [2.05, 4.69) is 22.0 Å². The standard InChI is InChI=1S/C22H25ClN4O/c1-24-20(28)18-7-3-5-16-13-22(8-10-25-11-9-22)21(27-19(16)18)26-14-15-4-2-6-17(23)12-15/h2-7,12,25H,8-11,13-14H2,1H3,(H,24,28)(H,26,27). The third-order valence-electron chi connectivity index (χ3n) is 5.77. The highest BCUT2D eigenvalue weighted by Gasteiger charge is 2.41. The number of anilines is 1. The molecular weight excluding hydrogens is 372 g/mol. The number of benzene rings is 2. The average Bonchev–Trinajstić information content (AvgIpc) is 2.72. The molecule has 2 aliphatic heterocycles. The monoisotopic (exact) mass is 396 g/mol. The summed E-state index contributed by atoms with van der Waals surface area (Å²) in [4.78, 5) is 17.3. The molecule has 1 spiro atoms. The van der Waals surface area contributed by atoms with Gasteiger partial charge in [0, 0.05) is 17.5 Å². The first-order valence-electron chi connectivity index (χ1n) is 9.72. The molecule has 2 heterocycles. The number of carbonyl (C=O) groups is 1. The van der Waals surface area contributed by atoms with Crippen LogP contribution in [0.1, 0.15) is 34.3 Å². The van der Waals surface area contributed by atoms with E-state index in [0.717, 1.165) is 54.5 Å². The number of nitrogens with one attached hydrogen (secondary N) is 3. The van der Waals surface area contributed by atoms with Crippen molar-refractivity contribution < 1.29 is 4.79 Å². The SMILES string of the molecule is CNC(=O)c1cccc2c1NC(=NCc1cccc(Cl)c1)C1(CCNCC1)C2. The van der Waals surface area contributed by atoms with Crippen molar-refractivity contribution in [1.82, 2.24) is 10.6 Å². The number of hydrogen-bond donors (Lipinski definition) is 3. The molecule has 5 nitrogen and oxygen atoms in total. The summed E-state index contributed by atoms with van der Waals surface area (Å²) in [7, 11) is 1.66. The molecule has 6 heteroatoms. The molecule has 146 valence electrons. The van der Waals surface area contributed by atoms with E-state index >= 15 is 0 Å². The van der Waals surface area contributed by atoms with Crippen molar-refractivity contribution in [1.29, 1.82) is 0 Å². The number of piperidine rings is 1. The molecule has 2 aliphatic rings. The number of hydrogen-bond acceptors (Lipinski definition) is 3. The van der Waals surface area contributed by atoms with Gasteiger partial charge in [0.25, 0.3) is 5.91 Å². The van der Waals surface area contributed by atoms with Gasteiger partial charge in [0.05, 0.1) is 17.8 Å². The Labute approximate surface area is 170 Å². The summed E-state index contributed by atoms with van der Waals surface area (Å²) in [6, 6.07) is 13.8. The van der Waals surface area contributed by atoms with Crippen molar-refractivity contribution >= 4 is 29.0 Å². The summed E-state index contributed by atoms with van der Waals surface area (Å²) in [6.07, 6.45) is 2.95. The summed E-state index contributed by atoms with van der Waals surface area (Å²) in [5.41, 5.74) is 3.80. The number of para-hydroxylation sites is 1. The number of amides is 1. The molecule has 2 aromatic carbocycles. The molecule has 0 aliphatic carbocycles. The van der Waals surface area contributed by atoms with Gasteiger partial charge in [0.15, 0.2) is 0 Å². The molecule has 1 saturated heterocycles. The van der Waals surface area contributed by atoms with E-state index in [-0.39, 0.29) is 11.3 Å². The Morgan fingerprint density at radius 2 is 2.00 bits per heavy atom. The lowest BCUT2D eigenvalue weighted by Crippen LogP contribution is -2.49. The molecule has 0 unspecified atom stereocenters. The Hall–Kier alpha value is -2.37. The van der Waals surface area contributed by atoms with Gasteiger partial charge < -0.3 is 16.0 Å². The van der Waals surface area contributed by atoms with E-state index in [1.54, 1.807) is 7.05 Å². The van der Waals surface area contributed by atoms with Gasteiger partial charge in [0.2, 0.25) is 0 Å². The normalized spacial score (nSPS) is 19.1. The van der Waals surface area contributed by atoms with Crippen molar-refractivity contribution in [3.05, 3.63) is 64.2 Å². The molecule has 1 fully saturated rings. The van der Waals surface area contributed by atoms with Crippen LogP contribution in [0.3, 0.4) is 0 Å². The Morgan fingerprint density at radius 1 is 1.21 bits per heavy atom. The molecule has 2 aromatic rings. The third kappa shape index (κ3) is 3.64. The summed E-state index contributed by atoms with van der Waals surface area (Å²) < 4.78 is 0. The van der Waals surface area contributed by atoms with Gasteiger partial charge in [-0.1, -0.05) is 35.9 Å². The molecule has 1 amide bonds. The van der Waals surface area contributed by atoms with Crippen molar-refractivity contribution in [3.8, 4) is 0 Å². The fourth-order valence-corrected chi connectivity index (χ4v) is 4.46.